The predicted octanol–water partition coefficient (Wildman–Crippen LogP) is 2.45. The van der Waals surface area contributed by atoms with Crippen LogP contribution in [0.2, 0.25) is 0 Å². The minimum atomic E-state index is 0.886. The van der Waals surface area contributed by atoms with E-state index in [0.29, 0.717) is 0 Å². The van der Waals surface area contributed by atoms with Crippen molar-refractivity contribution in [3.8, 4) is 5.13 Å². The van der Waals surface area contributed by atoms with Crippen LogP contribution in [0.1, 0.15) is 30.3 Å². The molecule has 0 aliphatic carbocycles. The predicted molar refractivity (Wildman–Crippen MR) is 70.7 cm³/mol. The molecule has 0 radical (unpaired) electrons. The second-order valence-corrected chi connectivity index (χ2v) is 4.93. The average molecular weight is 250 g/mol. The van der Waals surface area contributed by atoms with Crippen molar-refractivity contribution in [2.24, 2.45) is 0 Å². The summed E-state index contributed by atoms with van der Waals surface area (Å²) in [7, 11) is 0. The summed E-state index contributed by atoms with van der Waals surface area (Å²) in [6, 6.07) is 0. The zero-order valence-corrected chi connectivity index (χ0v) is 11.3. The van der Waals surface area contributed by atoms with Gasteiger partial charge in [-0.15, -0.1) is 11.3 Å². The molecular formula is C12H18N4S. The average Bonchev–Trinajstić information content (AvgIpc) is 2.91. The third-order valence-corrected chi connectivity index (χ3v) is 3.52. The maximum Gasteiger partial charge on any atom is 0.210 e. The summed E-state index contributed by atoms with van der Waals surface area (Å²) in [5.41, 5.74) is 3.55. The summed E-state index contributed by atoms with van der Waals surface area (Å²) >= 11 is 1.61. The fourth-order valence-electron chi connectivity index (χ4n) is 1.83. The fraction of sp³-hybridized carbons (Fsp3) is 0.500. The second kappa shape index (κ2) is 5.42. The first-order chi connectivity index (χ1) is 8.24. The molecule has 0 unspecified atom stereocenters. The molecule has 17 heavy (non-hydrogen) atoms. The van der Waals surface area contributed by atoms with Gasteiger partial charge in [0.2, 0.25) is 5.13 Å². The van der Waals surface area contributed by atoms with E-state index in [0.717, 1.165) is 30.3 Å². The summed E-state index contributed by atoms with van der Waals surface area (Å²) in [6.07, 6.45) is 2.96. The van der Waals surface area contributed by atoms with Gasteiger partial charge in [0, 0.05) is 29.4 Å². The molecule has 92 valence electrons. The molecule has 0 aliphatic heterocycles. The van der Waals surface area contributed by atoms with Gasteiger partial charge >= 0.3 is 0 Å². The maximum absolute atomic E-state index is 4.56. The largest absolute Gasteiger partial charge is 0.313 e. The molecule has 0 bridgehead atoms. The Morgan fingerprint density at radius 2 is 2.24 bits per heavy atom. The van der Waals surface area contributed by atoms with E-state index in [4.69, 9.17) is 0 Å². The van der Waals surface area contributed by atoms with Crippen LogP contribution in [0.25, 0.3) is 5.13 Å². The Balaban J connectivity index is 2.23. The molecular weight excluding hydrogens is 232 g/mol. The van der Waals surface area contributed by atoms with Crippen molar-refractivity contribution in [3.63, 3.8) is 0 Å². The van der Waals surface area contributed by atoms with Crippen molar-refractivity contribution < 1.29 is 0 Å². The van der Waals surface area contributed by atoms with Crippen molar-refractivity contribution >= 4 is 11.3 Å². The van der Waals surface area contributed by atoms with Gasteiger partial charge in [0.1, 0.15) is 0 Å². The lowest BCUT2D eigenvalue weighted by molar-refractivity contribution is 0.670. The topological polar surface area (TPSA) is 42.7 Å². The molecule has 4 nitrogen and oxygen atoms in total. The zero-order chi connectivity index (χ0) is 12.3. The number of nitrogens with one attached hydrogen (secondary N) is 1. The van der Waals surface area contributed by atoms with Crippen molar-refractivity contribution in [2.75, 3.05) is 6.54 Å². The molecule has 0 aliphatic rings. The summed E-state index contributed by atoms with van der Waals surface area (Å²) in [4.78, 5) is 4.30. The highest BCUT2D eigenvalue weighted by Crippen LogP contribution is 2.19. The Morgan fingerprint density at radius 3 is 2.88 bits per heavy atom. The van der Waals surface area contributed by atoms with Gasteiger partial charge in [0.15, 0.2) is 0 Å². The van der Waals surface area contributed by atoms with E-state index in [1.54, 1.807) is 11.3 Å². The third-order valence-electron chi connectivity index (χ3n) is 2.77. The number of nitrogens with zero attached hydrogens (tertiary/aromatic N) is 3. The maximum atomic E-state index is 4.56. The summed E-state index contributed by atoms with van der Waals surface area (Å²) < 4.78 is 1.93. The Hall–Kier alpha value is -1.20. The number of thiazole rings is 1. The van der Waals surface area contributed by atoms with Crippen LogP contribution in [0.3, 0.4) is 0 Å². The van der Waals surface area contributed by atoms with E-state index in [2.05, 4.69) is 36.2 Å². The molecule has 2 aromatic rings. The van der Waals surface area contributed by atoms with Gasteiger partial charge in [-0.05, 0) is 26.8 Å². The summed E-state index contributed by atoms with van der Waals surface area (Å²) in [6.45, 7) is 8.26. The molecule has 2 rings (SSSR count). The van der Waals surface area contributed by atoms with E-state index < -0.39 is 0 Å². The highest BCUT2D eigenvalue weighted by Gasteiger charge is 2.13. The van der Waals surface area contributed by atoms with Crippen molar-refractivity contribution in [1.29, 1.82) is 0 Å². The molecule has 2 aromatic heterocycles. The van der Waals surface area contributed by atoms with Gasteiger partial charge in [-0.2, -0.15) is 5.10 Å². The lowest BCUT2D eigenvalue weighted by Crippen LogP contribution is -2.15. The van der Waals surface area contributed by atoms with Crippen LogP contribution in [-0.2, 0) is 6.54 Å². The van der Waals surface area contributed by atoms with Gasteiger partial charge in [-0.25, -0.2) is 9.67 Å². The van der Waals surface area contributed by atoms with E-state index in [1.807, 2.05) is 16.3 Å². The third kappa shape index (κ3) is 2.56. The quantitative estimate of drug-likeness (QED) is 0.829. The van der Waals surface area contributed by atoms with Gasteiger partial charge in [0.05, 0.1) is 5.69 Å². The number of rotatable bonds is 5. The van der Waals surface area contributed by atoms with Crippen LogP contribution in [0.5, 0.6) is 0 Å². The number of aryl methyl sites for hydroxylation is 1. The first-order valence-corrected chi connectivity index (χ1v) is 6.77. The van der Waals surface area contributed by atoms with Gasteiger partial charge in [0.25, 0.3) is 0 Å². The van der Waals surface area contributed by atoms with E-state index >= 15 is 0 Å². The highest BCUT2D eigenvalue weighted by atomic mass is 32.1. The smallest absolute Gasteiger partial charge is 0.210 e. The molecule has 2 heterocycles. The van der Waals surface area contributed by atoms with Crippen molar-refractivity contribution in [1.82, 2.24) is 20.1 Å². The molecule has 0 saturated heterocycles. The summed E-state index contributed by atoms with van der Waals surface area (Å²) in [5, 5.41) is 10.9. The molecule has 0 amide bonds. The molecule has 0 spiro atoms. The zero-order valence-electron chi connectivity index (χ0n) is 10.5. The van der Waals surface area contributed by atoms with E-state index in [9.17, 15) is 0 Å². The Bertz CT molecular complexity index is 473. The van der Waals surface area contributed by atoms with Crippen LogP contribution in [0, 0.1) is 13.8 Å². The number of hydrogen-bond acceptors (Lipinski definition) is 4. The van der Waals surface area contributed by atoms with Crippen LogP contribution in [0.4, 0.5) is 0 Å². The van der Waals surface area contributed by atoms with Gasteiger partial charge < -0.3 is 5.32 Å². The Kier molecular flexibility index (Phi) is 3.91. The van der Waals surface area contributed by atoms with Crippen molar-refractivity contribution in [2.45, 2.75) is 33.7 Å². The first-order valence-electron chi connectivity index (χ1n) is 5.89. The SMILES string of the molecule is CCCNCc1c(C)nn(-c2nccs2)c1C. The monoisotopic (exact) mass is 250 g/mol. The Morgan fingerprint density at radius 1 is 1.41 bits per heavy atom. The number of hydrogen-bond donors (Lipinski definition) is 1. The van der Waals surface area contributed by atoms with Crippen molar-refractivity contribution in [3.05, 3.63) is 28.5 Å². The van der Waals surface area contributed by atoms with Gasteiger partial charge in [-0.1, -0.05) is 6.92 Å². The van der Waals surface area contributed by atoms with Gasteiger partial charge in [-0.3, -0.25) is 0 Å². The van der Waals surface area contributed by atoms with Crippen LogP contribution in [0.15, 0.2) is 11.6 Å². The second-order valence-electron chi connectivity index (χ2n) is 4.05. The summed E-state index contributed by atoms with van der Waals surface area (Å²) in [5.74, 6) is 0. The number of aromatic nitrogens is 3. The standard InChI is InChI=1S/C12H18N4S/c1-4-5-13-8-11-9(2)15-16(10(11)3)12-14-6-7-17-12/h6-7,13H,4-5,8H2,1-3H3. The molecule has 0 fully saturated rings. The lowest BCUT2D eigenvalue weighted by Gasteiger charge is -2.04. The molecule has 5 heteroatoms. The molecule has 0 atom stereocenters. The lowest BCUT2D eigenvalue weighted by atomic mass is 10.2. The first kappa shape index (κ1) is 12.3. The van der Waals surface area contributed by atoms with Crippen LogP contribution >= 0.6 is 11.3 Å². The fourth-order valence-corrected chi connectivity index (χ4v) is 2.47. The molecule has 1 N–H and O–H groups in total. The molecule has 0 saturated carbocycles. The van der Waals surface area contributed by atoms with E-state index in [-0.39, 0.29) is 0 Å². The van der Waals surface area contributed by atoms with E-state index in [1.165, 1.54) is 11.3 Å². The normalized spacial score (nSPS) is 11.0. The minimum Gasteiger partial charge on any atom is -0.313 e. The minimum absolute atomic E-state index is 0.886. The van der Waals surface area contributed by atoms with Crippen LogP contribution in [-0.4, -0.2) is 21.3 Å². The molecule has 0 aromatic carbocycles. The highest BCUT2D eigenvalue weighted by molar-refractivity contribution is 7.12. The Labute approximate surface area is 106 Å². The van der Waals surface area contributed by atoms with Crippen LogP contribution < -0.4 is 5.32 Å².